The van der Waals surface area contributed by atoms with Gasteiger partial charge in [0.2, 0.25) is 5.89 Å². The molecule has 2 rings (SSSR count). The van der Waals surface area contributed by atoms with Crippen LogP contribution < -0.4 is 9.47 Å². The highest BCUT2D eigenvalue weighted by atomic mass is 79.9. The van der Waals surface area contributed by atoms with E-state index < -0.39 is 0 Å². The molecule has 0 aliphatic carbocycles. The Morgan fingerprint density at radius 1 is 1.12 bits per heavy atom. The zero-order chi connectivity index (χ0) is 11.5. The van der Waals surface area contributed by atoms with Crippen LogP contribution in [0, 0.1) is 0 Å². The minimum Gasteiger partial charge on any atom is -0.493 e. The molecule has 1 aromatic carbocycles. The largest absolute Gasteiger partial charge is 0.493 e. The van der Waals surface area contributed by atoms with Gasteiger partial charge in [-0.25, -0.2) is 0 Å². The van der Waals surface area contributed by atoms with Crippen molar-refractivity contribution in [3.63, 3.8) is 0 Å². The summed E-state index contributed by atoms with van der Waals surface area (Å²) in [4.78, 5) is 0.345. The summed E-state index contributed by atoms with van der Waals surface area (Å²) in [5.41, 5.74) is 0.774. The number of ether oxygens (including phenoxy) is 2. The van der Waals surface area contributed by atoms with E-state index in [2.05, 4.69) is 26.1 Å². The average molecular weight is 285 g/mol. The second kappa shape index (κ2) is 4.52. The lowest BCUT2D eigenvalue weighted by Gasteiger charge is -2.07. The van der Waals surface area contributed by atoms with Crippen LogP contribution in [0.15, 0.2) is 27.4 Å². The van der Waals surface area contributed by atoms with E-state index in [0.717, 1.165) is 5.56 Å². The molecule has 0 spiro atoms. The monoisotopic (exact) mass is 284 g/mol. The summed E-state index contributed by atoms with van der Waals surface area (Å²) in [7, 11) is 3.16. The van der Waals surface area contributed by atoms with Crippen LogP contribution in [0.3, 0.4) is 0 Å². The predicted molar refractivity (Wildman–Crippen MR) is 60.5 cm³/mol. The van der Waals surface area contributed by atoms with Crippen LogP contribution in [-0.2, 0) is 0 Å². The summed E-state index contributed by atoms with van der Waals surface area (Å²) in [6.07, 6.45) is 0. The molecule has 0 N–H and O–H groups in total. The van der Waals surface area contributed by atoms with Gasteiger partial charge >= 0.3 is 0 Å². The van der Waals surface area contributed by atoms with Gasteiger partial charge in [0.25, 0.3) is 4.80 Å². The summed E-state index contributed by atoms with van der Waals surface area (Å²) in [5.74, 6) is 1.70. The van der Waals surface area contributed by atoms with Gasteiger partial charge in [0.15, 0.2) is 11.5 Å². The summed E-state index contributed by atoms with van der Waals surface area (Å²) in [6.45, 7) is 0. The SMILES string of the molecule is COc1ccc(-c2nnc(Br)o2)cc1OC. The Bertz CT molecular complexity index is 499. The second-order valence-electron chi connectivity index (χ2n) is 2.93. The number of rotatable bonds is 3. The molecule has 0 aliphatic heterocycles. The Morgan fingerprint density at radius 2 is 1.88 bits per heavy atom. The average Bonchev–Trinajstić information content (AvgIpc) is 2.75. The molecule has 0 fully saturated rings. The Kier molecular flexibility index (Phi) is 3.09. The molecular formula is C10H9BrN2O3. The van der Waals surface area contributed by atoms with Gasteiger partial charge in [-0.05, 0) is 18.2 Å². The molecule has 0 radical (unpaired) electrons. The summed E-state index contributed by atoms with van der Waals surface area (Å²) in [5, 5.41) is 7.58. The van der Waals surface area contributed by atoms with E-state index in [4.69, 9.17) is 13.9 Å². The van der Waals surface area contributed by atoms with Crippen LogP contribution in [-0.4, -0.2) is 24.4 Å². The van der Waals surface area contributed by atoms with Crippen LogP contribution in [0.5, 0.6) is 11.5 Å². The van der Waals surface area contributed by atoms with Crippen molar-refractivity contribution in [2.45, 2.75) is 0 Å². The molecule has 0 saturated heterocycles. The Morgan fingerprint density at radius 3 is 2.44 bits per heavy atom. The minimum absolute atomic E-state index is 0.345. The van der Waals surface area contributed by atoms with Gasteiger partial charge in [-0.1, -0.05) is 0 Å². The van der Waals surface area contributed by atoms with Crippen molar-refractivity contribution < 1.29 is 13.9 Å². The third kappa shape index (κ3) is 2.01. The fourth-order valence-electron chi connectivity index (χ4n) is 1.29. The van der Waals surface area contributed by atoms with Gasteiger partial charge in [-0.2, -0.15) is 0 Å². The van der Waals surface area contributed by atoms with Crippen molar-refractivity contribution in [2.75, 3.05) is 14.2 Å². The van der Waals surface area contributed by atoms with Gasteiger partial charge in [0.1, 0.15) is 0 Å². The van der Waals surface area contributed by atoms with E-state index >= 15 is 0 Å². The predicted octanol–water partition coefficient (Wildman–Crippen LogP) is 2.52. The zero-order valence-electron chi connectivity index (χ0n) is 8.73. The lowest BCUT2D eigenvalue weighted by Crippen LogP contribution is -1.90. The first-order valence-electron chi connectivity index (χ1n) is 4.46. The molecular weight excluding hydrogens is 276 g/mol. The van der Waals surface area contributed by atoms with Crippen LogP contribution in [0.4, 0.5) is 0 Å². The highest BCUT2D eigenvalue weighted by Gasteiger charge is 2.10. The second-order valence-corrected chi connectivity index (χ2v) is 3.61. The van der Waals surface area contributed by atoms with E-state index in [-0.39, 0.29) is 0 Å². The van der Waals surface area contributed by atoms with Gasteiger partial charge in [0, 0.05) is 21.5 Å². The maximum atomic E-state index is 5.24. The molecule has 1 heterocycles. The maximum absolute atomic E-state index is 5.24. The fraction of sp³-hybridized carbons (Fsp3) is 0.200. The minimum atomic E-state index is 0.345. The first-order valence-corrected chi connectivity index (χ1v) is 5.25. The van der Waals surface area contributed by atoms with Crippen molar-refractivity contribution in [1.82, 2.24) is 10.2 Å². The van der Waals surface area contributed by atoms with Crippen molar-refractivity contribution in [1.29, 1.82) is 0 Å². The summed E-state index contributed by atoms with van der Waals surface area (Å²) >= 11 is 3.10. The van der Waals surface area contributed by atoms with Crippen LogP contribution in [0.2, 0.25) is 0 Å². The summed E-state index contributed by atoms with van der Waals surface area (Å²) < 4.78 is 15.6. The topological polar surface area (TPSA) is 57.4 Å². The molecule has 2 aromatic rings. The summed E-state index contributed by atoms with van der Waals surface area (Å²) in [6, 6.07) is 5.38. The van der Waals surface area contributed by atoms with Crippen LogP contribution in [0.25, 0.3) is 11.5 Å². The highest BCUT2D eigenvalue weighted by Crippen LogP contribution is 2.31. The smallest absolute Gasteiger partial charge is 0.285 e. The van der Waals surface area contributed by atoms with E-state index in [1.807, 2.05) is 6.07 Å². The highest BCUT2D eigenvalue weighted by molar-refractivity contribution is 9.10. The van der Waals surface area contributed by atoms with Crippen molar-refractivity contribution in [3.05, 3.63) is 23.0 Å². The van der Waals surface area contributed by atoms with Crippen LogP contribution in [0.1, 0.15) is 0 Å². The van der Waals surface area contributed by atoms with Gasteiger partial charge in [-0.15, -0.1) is 10.2 Å². The first-order chi connectivity index (χ1) is 7.74. The van der Waals surface area contributed by atoms with Gasteiger partial charge < -0.3 is 13.9 Å². The van der Waals surface area contributed by atoms with Crippen LogP contribution >= 0.6 is 15.9 Å². The number of nitrogens with zero attached hydrogens (tertiary/aromatic N) is 2. The lowest BCUT2D eigenvalue weighted by atomic mass is 10.2. The number of methoxy groups -OCH3 is 2. The van der Waals surface area contributed by atoms with Crippen molar-refractivity contribution >= 4 is 15.9 Å². The van der Waals surface area contributed by atoms with E-state index in [1.54, 1.807) is 26.4 Å². The molecule has 0 unspecified atom stereocenters. The van der Waals surface area contributed by atoms with E-state index in [0.29, 0.717) is 22.2 Å². The number of benzene rings is 1. The third-order valence-electron chi connectivity index (χ3n) is 2.03. The maximum Gasteiger partial charge on any atom is 0.285 e. The fourth-order valence-corrected chi connectivity index (χ4v) is 1.52. The van der Waals surface area contributed by atoms with Gasteiger partial charge in [0.05, 0.1) is 14.2 Å². The Balaban J connectivity index is 2.43. The van der Waals surface area contributed by atoms with Crippen molar-refractivity contribution in [2.24, 2.45) is 0 Å². The molecule has 84 valence electrons. The van der Waals surface area contributed by atoms with Crippen molar-refractivity contribution in [3.8, 4) is 23.0 Å². The molecule has 5 nitrogen and oxygen atoms in total. The van der Waals surface area contributed by atoms with E-state index in [9.17, 15) is 0 Å². The zero-order valence-corrected chi connectivity index (χ0v) is 10.3. The van der Waals surface area contributed by atoms with E-state index in [1.165, 1.54) is 0 Å². The number of halogens is 1. The molecule has 0 bridgehead atoms. The number of hydrogen-bond donors (Lipinski definition) is 0. The Labute approximate surface area is 101 Å². The Hall–Kier alpha value is -1.56. The molecule has 0 atom stereocenters. The number of hydrogen-bond acceptors (Lipinski definition) is 5. The molecule has 16 heavy (non-hydrogen) atoms. The van der Waals surface area contributed by atoms with Gasteiger partial charge in [-0.3, -0.25) is 0 Å². The first kappa shape index (κ1) is 10.9. The standard InChI is InChI=1S/C10H9BrN2O3/c1-14-7-4-3-6(5-8(7)15-2)9-12-13-10(11)16-9/h3-5H,1-2H3. The lowest BCUT2D eigenvalue weighted by molar-refractivity contribution is 0.355. The molecule has 1 aromatic heterocycles. The quantitative estimate of drug-likeness (QED) is 0.867. The molecule has 6 heteroatoms. The molecule has 0 amide bonds. The number of aromatic nitrogens is 2. The normalized spacial score (nSPS) is 10.2. The molecule has 0 aliphatic rings. The molecule has 0 saturated carbocycles. The third-order valence-corrected chi connectivity index (χ3v) is 2.35.